The molecule has 0 amide bonds. The van der Waals surface area contributed by atoms with Gasteiger partial charge in [0.1, 0.15) is 0 Å². The van der Waals surface area contributed by atoms with Crippen LogP contribution >= 0.6 is 31.9 Å². The van der Waals surface area contributed by atoms with Crippen LogP contribution in [0.5, 0.6) is 0 Å². The molecule has 2 aromatic rings. The molecule has 0 bridgehead atoms. The maximum Gasteiger partial charge on any atom is 0.0411 e. The predicted molar refractivity (Wildman–Crippen MR) is 75.6 cm³/mol. The molecule has 0 unspecified atom stereocenters. The van der Waals surface area contributed by atoms with Crippen molar-refractivity contribution in [3.05, 3.63) is 63.0 Å². The average molecular weight is 341 g/mol. The summed E-state index contributed by atoms with van der Waals surface area (Å²) in [5, 5.41) is 3.38. The van der Waals surface area contributed by atoms with Crippen molar-refractivity contribution in [3.63, 3.8) is 0 Å². The normalized spacial score (nSPS) is 10.1. The summed E-state index contributed by atoms with van der Waals surface area (Å²) < 4.78 is 2.22. The van der Waals surface area contributed by atoms with E-state index in [1.165, 1.54) is 5.56 Å². The highest BCUT2D eigenvalue weighted by molar-refractivity contribution is 9.10. The number of hydrogen-bond donors (Lipinski definition) is 1. The first-order chi connectivity index (χ1) is 7.75. The van der Waals surface area contributed by atoms with Crippen LogP contribution in [0.15, 0.2) is 57.5 Å². The van der Waals surface area contributed by atoms with Gasteiger partial charge in [0, 0.05) is 21.2 Å². The minimum Gasteiger partial charge on any atom is -0.381 e. The summed E-state index contributed by atoms with van der Waals surface area (Å²) in [4.78, 5) is 0. The van der Waals surface area contributed by atoms with Crippen LogP contribution in [0.4, 0.5) is 5.69 Å². The van der Waals surface area contributed by atoms with Crippen molar-refractivity contribution < 1.29 is 0 Å². The molecule has 2 rings (SSSR count). The third-order valence-electron chi connectivity index (χ3n) is 2.27. The molecule has 0 radical (unpaired) electrons. The highest BCUT2D eigenvalue weighted by Gasteiger charge is 1.98. The zero-order chi connectivity index (χ0) is 11.4. The number of nitrogens with one attached hydrogen (secondary N) is 1. The minimum atomic E-state index is 0.817. The Kier molecular flexibility index (Phi) is 4.02. The lowest BCUT2D eigenvalue weighted by Crippen LogP contribution is -1.99. The van der Waals surface area contributed by atoms with E-state index < -0.39 is 0 Å². The molecule has 0 heterocycles. The van der Waals surface area contributed by atoms with E-state index in [4.69, 9.17) is 0 Å². The molecule has 2 aromatic carbocycles. The Balaban J connectivity index is 2.05. The van der Waals surface area contributed by atoms with Crippen molar-refractivity contribution in [1.29, 1.82) is 0 Å². The fraction of sp³-hybridized carbons (Fsp3) is 0.0769. The van der Waals surface area contributed by atoms with Crippen molar-refractivity contribution in [2.75, 3.05) is 5.32 Å². The molecule has 0 spiro atoms. The Labute approximate surface area is 112 Å². The number of benzene rings is 2. The van der Waals surface area contributed by atoms with Crippen LogP contribution in [0, 0.1) is 0 Å². The van der Waals surface area contributed by atoms with E-state index in [2.05, 4.69) is 61.4 Å². The summed E-state index contributed by atoms with van der Waals surface area (Å²) >= 11 is 6.99. The fourth-order valence-corrected chi connectivity index (χ4v) is 2.26. The van der Waals surface area contributed by atoms with Gasteiger partial charge < -0.3 is 5.32 Å². The first-order valence-electron chi connectivity index (χ1n) is 4.98. The topological polar surface area (TPSA) is 12.0 Å². The zero-order valence-corrected chi connectivity index (χ0v) is 11.8. The molecule has 1 nitrogen and oxygen atoms in total. The molecule has 16 heavy (non-hydrogen) atoms. The summed E-state index contributed by atoms with van der Waals surface area (Å²) in [5.74, 6) is 0. The number of rotatable bonds is 3. The Morgan fingerprint density at radius 3 is 2.50 bits per heavy atom. The maximum atomic E-state index is 3.54. The van der Waals surface area contributed by atoms with Gasteiger partial charge in [-0.15, -0.1) is 0 Å². The highest BCUT2D eigenvalue weighted by Crippen LogP contribution is 2.19. The third kappa shape index (κ3) is 3.09. The Bertz CT molecular complexity index is 483. The van der Waals surface area contributed by atoms with E-state index in [-0.39, 0.29) is 0 Å². The number of hydrogen-bond acceptors (Lipinski definition) is 1. The van der Waals surface area contributed by atoms with E-state index in [1.807, 2.05) is 24.3 Å². The number of halogens is 2. The van der Waals surface area contributed by atoms with Gasteiger partial charge in [0.15, 0.2) is 0 Å². The van der Waals surface area contributed by atoms with Crippen molar-refractivity contribution in [1.82, 2.24) is 0 Å². The van der Waals surface area contributed by atoms with Gasteiger partial charge >= 0.3 is 0 Å². The summed E-state index contributed by atoms with van der Waals surface area (Å²) in [5.41, 5.74) is 2.37. The van der Waals surface area contributed by atoms with Gasteiger partial charge in [-0.25, -0.2) is 0 Å². The molecule has 0 saturated heterocycles. The van der Waals surface area contributed by atoms with Gasteiger partial charge in [-0.05, 0) is 29.8 Å². The molecule has 0 fully saturated rings. The lowest BCUT2D eigenvalue weighted by Gasteiger charge is -2.08. The monoisotopic (exact) mass is 339 g/mol. The Morgan fingerprint density at radius 2 is 1.75 bits per heavy atom. The van der Waals surface area contributed by atoms with Crippen molar-refractivity contribution in [2.45, 2.75) is 6.54 Å². The standard InChI is InChI=1S/C13H11Br2N/c14-11-5-3-6-12(8-11)16-9-10-4-1-2-7-13(10)15/h1-8,16H,9H2. The van der Waals surface area contributed by atoms with Crippen LogP contribution in [0.1, 0.15) is 5.56 Å². The quantitative estimate of drug-likeness (QED) is 0.844. The SMILES string of the molecule is Brc1cccc(NCc2ccccc2Br)c1. The van der Waals surface area contributed by atoms with E-state index in [0.29, 0.717) is 0 Å². The summed E-state index contributed by atoms with van der Waals surface area (Å²) in [7, 11) is 0. The van der Waals surface area contributed by atoms with E-state index in [1.54, 1.807) is 0 Å². The first kappa shape index (κ1) is 11.7. The second-order valence-electron chi connectivity index (χ2n) is 3.46. The van der Waals surface area contributed by atoms with Gasteiger partial charge in [0.05, 0.1) is 0 Å². The predicted octanol–water partition coefficient (Wildman–Crippen LogP) is 4.82. The van der Waals surface area contributed by atoms with Crippen molar-refractivity contribution >= 4 is 37.5 Å². The van der Waals surface area contributed by atoms with Gasteiger partial charge in [0.25, 0.3) is 0 Å². The molecule has 0 aliphatic carbocycles. The van der Waals surface area contributed by atoms with Crippen molar-refractivity contribution in [2.24, 2.45) is 0 Å². The zero-order valence-electron chi connectivity index (χ0n) is 8.58. The smallest absolute Gasteiger partial charge is 0.0411 e. The molecule has 0 aromatic heterocycles. The lowest BCUT2D eigenvalue weighted by atomic mass is 10.2. The molecule has 0 aliphatic rings. The van der Waals surface area contributed by atoms with Gasteiger partial charge in [0.2, 0.25) is 0 Å². The largest absolute Gasteiger partial charge is 0.381 e. The third-order valence-corrected chi connectivity index (χ3v) is 3.53. The van der Waals surface area contributed by atoms with Crippen LogP contribution in [-0.4, -0.2) is 0 Å². The minimum absolute atomic E-state index is 0.817. The summed E-state index contributed by atoms with van der Waals surface area (Å²) in [6, 6.07) is 16.4. The molecule has 0 aliphatic heterocycles. The Hall–Kier alpha value is -0.800. The van der Waals surface area contributed by atoms with Crippen molar-refractivity contribution in [3.8, 4) is 0 Å². The second-order valence-corrected chi connectivity index (χ2v) is 5.23. The molecule has 0 saturated carbocycles. The fourth-order valence-electron chi connectivity index (χ4n) is 1.44. The second kappa shape index (κ2) is 5.51. The van der Waals surface area contributed by atoms with E-state index in [9.17, 15) is 0 Å². The molecule has 0 atom stereocenters. The lowest BCUT2D eigenvalue weighted by molar-refractivity contribution is 1.14. The first-order valence-corrected chi connectivity index (χ1v) is 6.57. The molecule has 82 valence electrons. The van der Waals surface area contributed by atoms with Crippen LogP contribution in [-0.2, 0) is 6.54 Å². The van der Waals surface area contributed by atoms with Crippen LogP contribution in [0.3, 0.4) is 0 Å². The van der Waals surface area contributed by atoms with E-state index >= 15 is 0 Å². The highest BCUT2D eigenvalue weighted by atomic mass is 79.9. The summed E-state index contributed by atoms with van der Waals surface area (Å²) in [6.45, 7) is 0.817. The van der Waals surface area contributed by atoms with Crippen LogP contribution in [0.25, 0.3) is 0 Å². The molecule has 3 heteroatoms. The van der Waals surface area contributed by atoms with Gasteiger partial charge in [-0.2, -0.15) is 0 Å². The molecular weight excluding hydrogens is 330 g/mol. The van der Waals surface area contributed by atoms with Gasteiger partial charge in [-0.1, -0.05) is 56.1 Å². The maximum absolute atomic E-state index is 3.54. The van der Waals surface area contributed by atoms with Gasteiger partial charge in [-0.3, -0.25) is 0 Å². The average Bonchev–Trinajstić information content (AvgIpc) is 2.28. The summed E-state index contributed by atoms with van der Waals surface area (Å²) in [6.07, 6.45) is 0. The van der Waals surface area contributed by atoms with Crippen LogP contribution < -0.4 is 5.32 Å². The Morgan fingerprint density at radius 1 is 0.938 bits per heavy atom. The van der Waals surface area contributed by atoms with Crippen LogP contribution in [0.2, 0.25) is 0 Å². The molecular formula is C13H11Br2N. The van der Waals surface area contributed by atoms with E-state index in [0.717, 1.165) is 21.2 Å². The number of anilines is 1. The molecule has 1 N–H and O–H groups in total.